The zero-order valence-corrected chi connectivity index (χ0v) is 20.5. The highest BCUT2D eigenvalue weighted by molar-refractivity contribution is 5.83. The smallest absolute Gasteiger partial charge is 0.408 e. The third-order valence-corrected chi connectivity index (χ3v) is 4.64. The third kappa shape index (κ3) is 10.9. The van der Waals surface area contributed by atoms with E-state index >= 15 is 0 Å². The van der Waals surface area contributed by atoms with Crippen LogP contribution in [0.2, 0.25) is 0 Å². The van der Waals surface area contributed by atoms with E-state index in [0.29, 0.717) is 19.4 Å². The van der Waals surface area contributed by atoms with Crippen LogP contribution in [-0.4, -0.2) is 41.3 Å². The molecule has 11 heteroatoms. The lowest BCUT2D eigenvalue weighted by Gasteiger charge is -2.20. The van der Waals surface area contributed by atoms with E-state index < -0.39 is 34.7 Å². The summed E-state index contributed by atoms with van der Waals surface area (Å²) in [6.45, 7) is 5.62. The van der Waals surface area contributed by atoms with Crippen LogP contribution in [0.25, 0.3) is 0 Å². The fourth-order valence-electron chi connectivity index (χ4n) is 2.96. The van der Waals surface area contributed by atoms with Crippen molar-refractivity contribution in [2.24, 2.45) is 0 Å². The van der Waals surface area contributed by atoms with E-state index in [9.17, 15) is 24.5 Å². The highest BCUT2D eigenvalue weighted by Gasteiger charge is 2.24. The van der Waals surface area contributed by atoms with Gasteiger partial charge in [-0.3, -0.25) is 10.1 Å². The first-order valence-electron chi connectivity index (χ1n) is 11.4. The van der Waals surface area contributed by atoms with Crippen molar-refractivity contribution in [1.29, 1.82) is 0 Å². The van der Waals surface area contributed by atoms with Gasteiger partial charge in [-0.15, -0.1) is 0 Å². The zero-order valence-electron chi connectivity index (χ0n) is 20.5. The van der Waals surface area contributed by atoms with Crippen molar-refractivity contribution >= 4 is 23.8 Å². The predicted molar refractivity (Wildman–Crippen MR) is 130 cm³/mol. The quantitative estimate of drug-likeness (QED) is 0.151. The summed E-state index contributed by atoms with van der Waals surface area (Å²) in [5.74, 6) is -0.651. The van der Waals surface area contributed by atoms with Gasteiger partial charge in [0, 0.05) is 18.7 Å². The summed E-state index contributed by atoms with van der Waals surface area (Å²) in [6, 6.07) is 13.0. The largest absolute Gasteiger partial charge is 0.445 e. The number of rotatable bonds is 11. The molecule has 0 aromatic heterocycles. The number of nitrogens with one attached hydrogen (secondary N) is 2. The number of carbonyl (C=O) groups is 3. The molecule has 0 bridgehead atoms. The lowest BCUT2D eigenvalue weighted by molar-refractivity contribution is -0.384. The second kappa shape index (κ2) is 13.7. The van der Waals surface area contributed by atoms with Crippen LogP contribution >= 0.6 is 0 Å². The van der Waals surface area contributed by atoms with E-state index in [4.69, 9.17) is 14.2 Å². The number of carbonyl (C=O) groups excluding carboxylic acids is 3. The Balaban J connectivity index is 1.92. The molecule has 0 saturated heterocycles. The average molecular weight is 502 g/mol. The molecule has 0 heterocycles. The number of unbranched alkanes of at least 4 members (excludes halogenated alkanes) is 1. The normalized spacial score (nSPS) is 11.6. The first-order chi connectivity index (χ1) is 17.0. The summed E-state index contributed by atoms with van der Waals surface area (Å²) in [7, 11) is 0. The maximum Gasteiger partial charge on any atom is 0.408 e. The van der Waals surface area contributed by atoms with Gasteiger partial charge in [-0.1, -0.05) is 30.3 Å². The summed E-state index contributed by atoms with van der Waals surface area (Å²) in [5.41, 5.74) is 0.0261. The van der Waals surface area contributed by atoms with Crippen molar-refractivity contribution in [1.82, 2.24) is 10.6 Å². The number of ether oxygens (including phenoxy) is 3. The number of nitrogens with zero attached hydrogens (tertiary/aromatic N) is 1. The zero-order chi connectivity index (χ0) is 26.6. The van der Waals surface area contributed by atoms with Crippen LogP contribution < -0.4 is 15.4 Å². The summed E-state index contributed by atoms with van der Waals surface area (Å²) in [4.78, 5) is 47.1. The fraction of sp³-hybridized carbons (Fsp3) is 0.400. The molecule has 2 amide bonds. The number of amides is 2. The average Bonchev–Trinajstić information content (AvgIpc) is 2.81. The number of esters is 1. The Hall–Kier alpha value is -4.15. The van der Waals surface area contributed by atoms with Crippen molar-refractivity contribution in [2.45, 2.75) is 58.3 Å². The summed E-state index contributed by atoms with van der Waals surface area (Å²) in [6.07, 6.45) is -0.145. The van der Waals surface area contributed by atoms with Gasteiger partial charge in [-0.05, 0) is 57.7 Å². The molecule has 0 radical (unpaired) electrons. The van der Waals surface area contributed by atoms with Crippen LogP contribution in [0, 0.1) is 10.1 Å². The maximum absolute atomic E-state index is 12.8. The second-order valence-electron chi connectivity index (χ2n) is 8.86. The van der Waals surface area contributed by atoms with Crippen molar-refractivity contribution in [3.05, 3.63) is 70.3 Å². The van der Waals surface area contributed by atoms with Crippen molar-refractivity contribution in [2.75, 3.05) is 6.54 Å². The lowest BCUT2D eigenvalue weighted by atomic mass is 10.1. The Bertz CT molecular complexity index is 1020. The van der Waals surface area contributed by atoms with E-state index in [1.165, 1.54) is 24.3 Å². The maximum atomic E-state index is 12.8. The van der Waals surface area contributed by atoms with Crippen LogP contribution in [0.5, 0.6) is 5.75 Å². The van der Waals surface area contributed by atoms with Gasteiger partial charge in [0.1, 0.15) is 24.0 Å². The van der Waals surface area contributed by atoms with E-state index in [2.05, 4.69) is 10.6 Å². The van der Waals surface area contributed by atoms with E-state index in [0.717, 1.165) is 5.56 Å². The standard InChI is InChI=1S/C25H31N3O8/c1-25(2,3)36-23(30)26-16-8-7-11-21(27-24(31)34-17-18-9-5-4-6-10-18)22(29)35-20-14-12-19(13-15-20)28(32)33/h4-6,9-10,12-15,21H,7-8,11,16-17H2,1-3H3,(H,26,30)(H,27,31)/t21-/m0/s1. The molecule has 36 heavy (non-hydrogen) atoms. The first kappa shape index (κ1) is 28.1. The summed E-state index contributed by atoms with van der Waals surface area (Å²) < 4.78 is 15.7. The minimum absolute atomic E-state index is 0.0244. The van der Waals surface area contributed by atoms with Gasteiger partial charge in [0.05, 0.1) is 4.92 Å². The molecule has 0 aliphatic rings. The SMILES string of the molecule is CC(C)(C)OC(=O)NCCCC[C@H](NC(=O)OCc1ccccc1)C(=O)Oc1ccc([N+](=O)[O-])cc1. The minimum atomic E-state index is -1.04. The topological polar surface area (TPSA) is 146 Å². The number of hydrogen-bond donors (Lipinski definition) is 2. The van der Waals surface area contributed by atoms with Crippen molar-refractivity contribution in [3.63, 3.8) is 0 Å². The van der Waals surface area contributed by atoms with Gasteiger partial charge in [0.2, 0.25) is 0 Å². The van der Waals surface area contributed by atoms with Crippen LogP contribution in [0.3, 0.4) is 0 Å². The van der Waals surface area contributed by atoms with Gasteiger partial charge >= 0.3 is 18.2 Å². The molecule has 2 aromatic carbocycles. The number of hydrogen-bond acceptors (Lipinski definition) is 8. The lowest BCUT2D eigenvalue weighted by Crippen LogP contribution is -2.43. The van der Waals surface area contributed by atoms with Gasteiger partial charge in [0.15, 0.2) is 0 Å². The van der Waals surface area contributed by atoms with Crippen LogP contribution in [0.1, 0.15) is 45.6 Å². The van der Waals surface area contributed by atoms with Crippen molar-refractivity contribution in [3.8, 4) is 5.75 Å². The number of benzene rings is 2. The molecule has 0 aliphatic carbocycles. The molecule has 0 aliphatic heterocycles. The highest BCUT2D eigenvalue weighted by Crippen LogP contribution is 2.18. The predicted octanol–water partition coefficient (Wildman–Crippen LogP) is 4.49. The van der Waals surface area contributed by atoms with Gasteiger partial charge in [0.25, 0.3) is 5.69 Å². The number of alkyl carbamates (subject to hydrolysis) is 2. The Morgan fingerprint density at radius 1 is 0.972 bits per heavy atom. The van der Waals surface area contributed by atoms with Crippen LogP contribution in [-0.2, 0) is 20.9 Å². The van der Waals surface area contributed by atoms with Gasteiger partial charge < -0.3 is 24.8 Å². The molecule has 1 atom stereocenters. The minimum Gasteiger partial charge on any atom is -0.445 e. The summed E-state index contributed by atoms with van der Waals surface area (Å²) >= 11 is 0. The van der Waals surface area contributed by atoms with E-state index in [-0.39, 0.29) is 24.5 Å². The first-order valence-corrected chi connectivity index (χ1v) is 11.4. The Labute approximate surface area is 209 Å². The fourth-order valence-corrected chi connectivity index (χ4v) is 2.96. The molecule has 0 saturated carbocycles. The molecule has 2 rings (SSSR count). The molecule has 11 nitrogen and oxygen atoms in total. The van der Waals surface area contributed by atoms with Gasteiger partial charge in [-0.2, -0.15) is 0 Å². The molecule has 194 valence electrons. The monoisotopic (exact) mass is 501 g/mol. The molecule has 2 aromatic rings. The Morgan fingerprint density at radius 2 is 1.64 bits per heavy atom. The van der Waals surface area contributed by atoms with Crippen LogP contribution in [0.15, 0.2) is 54.6 Å². The second-order valence-corrected chi connectivity index (χ2v) is 8.86. The Kier molecular flexibility index (Phi) is 10.7. The van der Waals surface area contributed by atoms with E-state index in [1.54, 1.807) is 32.9 Å². The van der Waals surface area contributed by atoms with Gasteiger partial charge in [-0.25, -0.2) is 14.4 Å². The van der Waals surface area contributed by atoms with E-state index in [1.807, 2.05) is 18.2 Å². The molecule has 0 spiro atoms. The Morgan fingerprint density at radius 3 is 2.25 bits per heavy atom. The summed E-state index contributed by atoms with van der Waals surface area (Å²) in [5, 5.41) is 16.0. The van der Waals surface area contributed by atoms with Crippen LogP contribution in [0.4, 0.5) is 15.3 Å². The molecule has 0 fully saturated rings. The molecule has 0 unspecified atom stereocenters. The number of non-ortho nitro benzene ring substituents is 1. The number of nitro benzene ring substituents is 1. The molecule has 2 N–H and O–H groups in total. The molecular weight excluding hydrogens is 470 g/mol. The third-order valence-electron chi connectivity index (χ3n) is 4.64. The molecular formula is C25H31N3O8. The number of nitro groups is 1. The highest BCUT2D eigenvalue weighted by atomic mass is 16.6. The van der Waals surface area contributed by atoms with Crippen molar-refractivity contribution < 1.29 is 33.5 Å².